The van der Waals surface area contributed by atoms with Crippen LogP contribution in [0.4, 0.5) is 5.69 Å². The molecule has 84 valence electrons. The summed E-state index contributed by atoms with van der Waals surface area (Å²) in [5.74, 6) is 0. The molecule has 1 rings (SSSR count). The van der Waals surface area contributed by atoms with Crippen molar-refractivity contribution in [3.8, 4) is 0 Å². The summed E-state index contributed by atoms with van der Waals surface area (Å²) < 4.78 is 0. The van der Waals surface area contributed by atoms with Gasteiger partial charge in [0.15, 0.2) is 0 Å². The third kappa shape index (κ3) is 4.37. The molecular formula is C14H23N. The largest absolute Gasteiger partial charge is 0.384 e. The molecule has 1 N–H and O–H groups in total. The normalized spacial score (nSPS) is 11.5. The molecule has 15 heavy (non-hydrogen) atoms. The van der Waals surface area contributed by atoms with Gasteiger partial charge < -0.3 is 5.32 Å². The second-order valence-electron chi connectivity index (χ2n) is 5.32. The van der Waals surface area contributed by atoms with Crippen molar-refractivity contribution in [2.75, 3.05) is 11.9 Å². The molecule has 0 aliphatic carbocycles. The maximum atomic E-state index is 3.54. The van der Waals surface area contributed by atoms with Crippen LogP contribution in [0, 0.1) is 5.41 Å². The molecular weight excluding hydrogens is 182 g/mol. The minimum absolute atomic E-state index is 0.333. The number of rotatable bonds is 4. The first kappa shape index (κ1) is 12.1. The van der Waals surface area contributed by atoms with Gasteiger partial charge in [-0.15, -0.1) is 0 Å². The Kier molecular flexibility index (Phi) is 4.19. The third-order valence-corrected chi connectivity index (χ3v) is 2.35. The van der Waals surface area contributed by atoms with Gasteiger partial charge in [-0.25, -0.2) is 0 Å². The Labute approximate surface area is 93.9 Å². The van der Waals surface area contributed by atoms with E-state index in [0.717, 1.165) is 13.0 Å². The Morgan fingerprint density at radius 2 is 1.80 bits per heavy atom. The van der Waals surface area contributed by atoms with Gasteiger partial charge in [-0.05, 0) is 23.5 Å². The third-order valence-electron chi connectivity index (χ3n) is 2.35. The van der Waals surface area contributed by atoms with E-state index in [9.17, 15) is 0 Å². The minimum Gasteiger partial charge on any atom is -0.384 e. The van der Waals surface area contributed by atoms with Crippen LogP contribution in [-0.2, 0) is 6.42 Å². The van der Waals surface area contributed by atoms with Crippen molar-refractivity contribution in [1.82, 2.24) is 0 Å². The van der Waals surface area contributed by atoms with Gasteiger partial charge in [0.05, 0.1) is 0 Å². The molecule has 0 saturated heterocycles. The first-order valence-corrected chi connectivity index (χ1v) is 5.85. The number of para-hydroxylation sites is 1. The van der Waals surface area contributed by atoms with Gasteiger partial charge in [0.25, 0.3) is 0 Å². The highest BCUT2D eigenvalue weighted by Crippen LogP contribution is 2.20. The highest BCUT2D eigenvalue weighted by Gasteiger charge is 2.10. The SMILES string of the molecule is CCCc1ccccc1NCC(C)(C)C. The fourth-order valence-corrected chi connectivity index (χ4v) is 1.54. The number of benzene rings is 1. The maximum Gasteiger partial charge on any atom is 0.0372 e. The molecule has 1 aromatic rings. The lowest BCUT2D eigenvalue weighted by Gasteiger charge is -2.21. The van der Waals surface area contributed by atoms with E-state index in [4.69, 9.17) is 0 Å². The maximum absolute atomic E-state index is 3.54. The van der Waals surface area contributed by atoms with Crippen molar-refractivity contribution in [3.63, 3.8) is 0 Å². The monoisotopic (exact) mass is 205 g/mol. The smallest absolute Gasteiger partial charge is 0.0372 e. The molecule has 1 aromatic carbocycles. The molecule has 0 unspecified atom stereocenters. The van der Waals surface area contributed by atoms with E-state index in [2.05, 4.69) is 57.3 Å². The van der Waals surface area contributed by atoms with Crippen LogP contribution in [0.1, 0.15) is 39.7 Å². The zero-order valence-corrected chi connectivity index (χ0v) is 10.4. The van der Waals surface area contributed by atoms with Gasteiger partial charge >= 0.3 is 0 Å². The molecule has 0 radical (unpaired) electrons. The molecule has 0 aliphatic rings. The van der Waals surface area contributed by atoms with Gasteiger partial charge in [-0.2, -0.15) is 0 Å². The molecule has 0 aromatic heterocycles. The zero-order chi connectivity index (χ0) is 11.3. The fraction of sp³-hybridized carbons (Fsp3) is 0.571. The van der Waals surface area contributed by atoms with Gasteiger partial charge in [0.1, 0.15) is 0 Å². The van der Waals surface area contributed by atoms with Crippen LogP contribution in [0.3, 0.4) is 0 Å². The standard InChI is InChI=1S/C14H23N/c1-5-8-12-9-6-7-10-13(12)15-11-14(2,3)4/h6-7,9-10,15H,5,8,11H2,1-4H3. The van der Waals surface area contributed by atoms with Crippen molar-refractivity contribution < 1.29 is 0 Å². The zero-order valence-electron chi connectivity index (χ0n) is 10.4. The van der Waals surface area contributed by atoms with Crippen LogP contribution in [0.25, 0.3) is 0 Å². The minimum atomic E-state index is 0.333. The van der Waals surface area contributed by atoms with E-state index < -0.39 is 0 Å². The first-order chi connectivity index (χ1) is 7.03. The van der Waals surface area contributed by atoms with E-state index in [0.29, 0.717) is 5.41 Å². The summed E-state index contributed by atoms with van der Waals surface area (Å²) >= 11 is 0. The molecule has 0 bridgehead atoms. The fourth-order valence-electron chi connectivity index (χ4n) is 1.54. The Balaban J connectivity index is 2.67. The summed E-state index contributed by atoms with van der Waals surface area (Å²) in [6.07, 6.45) is 2.36. The molecule has 0 atom stereocenters. The topological polar surface area (TPSA) is 12.0 Å². The lowest BCUT2D eigenvalue weighted by molar-refractivity contribution is 0.443. The average Bonchev–Trinajstić information content (AvgIpc) is 2.16. The Morgan fingerprint density at radius 3 is 2.40 bits per heavy atom. The van der Waals surface area contributed by atoms with Gasteiger partial charge in [-0.3, -0.25) is 0 Å². The molecule has 0 spiro atoms. The molecule has 0 amide bonds. The number of nitrogens with one attached hydrogen (secondary N) is 1. The Bertz CT molecular complexity index is 296. The summed E-state index contributed by atoms with van der Waals surface area (Å²) in [6.45, 7) is 10.0. The molecule has 0 aliphatic heterocycles. The summed E-state index contributed by atoms with van der Waals surface area (Å²) in [7, 11) is 0. The number of hydrogen-bond acceptors (Lipinski definition) is 1. The van der Waals surface area contributed by atoms with Gasteiger partial charge in [-0.1, -0.05) is 52.3 Å². The highest BCUT2D eigenvalue weighted by atomic mass is 14.9. The van der Waals surface area contributed by atoms with Crippen LogP contribution < -0.4 is 5.32 Å². The van der Waals surface area contributed by atoms with Crippen LogP contribution in [0.15, 0.2) is 24.3 Å². The average molecular weight is 205 g/mol. The van der Waals surface area contributed by atoms with E-state index >= 15 is 0 Å². The number of hydrogen-bond donors (Lipinski definition) is 1. The summed E-state index contributed by atoms with van der Waals surface area (Å²) in [6, 6.07) is 8.61. The predicted octanol–water partition coefficient (Wildman–Crippen LogP) is 4.10. The molecule has 0 saturated carbocycles. The van der Waals surface area contributed by atoms with E-state index in [1.54, 1.807) is 0 Å². The van der Waals surface area contributed by atoms with Crippen molar-refractivity contribution >= 4 is 5.69 Å². The lowest BCUT2D eigenvalue weighted by Crippen LogP contribution is -2.19. The Hall–Kier alpha value is -0.980. The van der Waals surface area contributed by atoms with Gasteiger partial charge in [0.2, 0.25) is 0 Å². The number of anilines is 1. The van der Waals surface area contributed by atoms with Crippen molar-refractivity contribution in [2.45, 2.75) is 40.5 Å². The summed E-state index contributed by atoms with van der Waals surface area (Å²) in [5, 5.41) is 3.54. The Morgan fingerprint density at radius 1 is 1.13 bits per heavy atom. The molecule has 0 fully saturated rings. The van der Waals surface area contributed by atoms with Crippen molar-refractivity contribution in [1.29, 1.82) is 0 Å². The van der Waals surface area contributed by atoms with Crippen molar-refractivity contribution in [3.05, 3.63) is 29.8 Å². The van der Waals surface area contributed by atoms with Crippen LogP contribution in [-0.4, -0.2) is 6.54 Å². The lowest BCUT2D eigenvalue weighted by atomic mass is 9.96. The summed E-state index contributed by atoms with van der Waals surface area (Å²) in [5.41, 5.74) is 3.07. The van der Waals surface area contributed by atoms with E-state index in [-0.39, 0.29) is 0 Å². The molecule has 1 heteroatoms. The van der Waals surface area contributed by atoms with Crippen LogP contribution >= 0.6 is 0 Å². The van der Waals surface area contributed by atoms with E-state index in [1.807, 2.05) is 0 Å². The molecule has 0 heterocycles. The van der Waals surface area contributed by atoms with Gasteiger partial charge in [0, 0.05) is 12.2 Å². The summed E-state index contributed by atoms with van der Waals surface area (Å²) in [4.78, 5) is 0. The van der Waals surface area contributed by atoms with E-state index in [1.165, 1.54) is 17.7 Å². The second-order valence-corrected chi connectivity index (χ2v) is 5.32. The molecule has 1 nitrogen and oxygen atoms in total. The van der Waals surface area contributed by atoms with Crippen LogP contribution in [0.2, 0.25) is 0 Å². The van der Waals surface area contributed by atoms with Crippen molar-refractivity contribution in [2.24, 2.45) is 5.41 Å². The second kappa shape index (κ2) is 5.20. The predicted molar refractivity (Wildman–Crippen MR) is 68.4 cm³/mol. The quantitative estimate of drug-likeness (QED) is 0.780. The number of aryl methyl sites for hydroxylation is 1. The van der Waals surface area contributed by atoms with Crippen LogP contribution in [0.5, 0.6) is 0 Å². The first-order valence-electron chi connectivity index (χ1n) is 5.85. The highest BCUT2D eigenvalue weighted by molar-refractivity contribution is 5.51.